The number of nitrogens with two attached hydrogens (primary N) is 1. The Morgan fingerprint density at radius 3 is 3.00 bits per heavy atom. The smallest absolute Gasteiger partial charge is 0.298 e. The zero-order valence-corrected chi connectivity index (χ0v) is 8.60. The summed E-state index contributed by atoms with van der Waals surface area (Å²) in [5.41, 5.74) is 5.58. The van der Waals surface area contributed by atoms with Gasteiger partial charge in [0.05, 0.1) is 4.48 Å². The van der Waals surface area contributed by atoms with Crippen LogP contribution in [-0.4, -0.2) is 12.5 Å². The first-order chi connectivity index (χ1) is 5.24. The summed E-state index contributed by atoms with van der Waals surface area (Å²) in [6.45, 7) is 0.388. The topological polar surface area (TPSA) is 52.3 Å². The highest BCUT2D eigenvalue weighted by molar-refractivity contribution is 9.11. The quantitative estimate of drug-likeness (QED) is 0.759. The van der Waals surface area contributed by atoms with E-state index in [2.05, 4.69) is 20.7 Å². The van der Waals surface area contributed by atoms with Gasteiger partial charge in [-0.2, -0.15) is 0 Å². The van der Waals surface area contributed by atoms with Gasteiger partial charge in [-0.1, -0.05) is 6.08 Å². The molecule has 0 spiro atoms. The van der Waals surface area contributed by atoms with Crippen LogP contribution in [-0.2, 0) is 9.53 Å². The minimum absolute atomic E-state index is 0. The number of carbonyl (C=O) groups excluding carboxylic acids is 1. The van der Waals surface area contributed by atoms with E-state index in [0.29, 0.717) is 12.2 Å². The highest BCUT2D eigenvalue weighted by Gasteiger charge is 2.11. The number of ether oxygens (including phenoxy) is 1. The number of hydrogen-bond acceptors (Lipinski definition) is 3. The number of allylic oxidation sites excluding steroid dienone is 1. The molecule has 68 valence electrons. The fourth-order valence-corrected chi connectivity index (χ4v) is 1.24. The molecular weight excluding hydrogens is 245 g/mol. The maximum Gasteiger partial charge on any atom is 0.298 e. The average molecular weight is 255 g/mol. The lowest BCUT2D eigenvalue weighted by atomic mass is 10.1. The van der Waals surface area contributed by atoms with E-state index in [4.69, 9.17) is 5.73 Å². The molecule has 0 aromatic carbocycles. The van der Waals surface area contributed by atoms with Crippen molar-refractivity contribution in [1.82, 2.24) is 0 Å². The summed E-state index contributed by atoms with van der Waals surface area (Å²) in [5, 5.41) is 0. The second-order valence-corrected chi connectivity index (χ2v) is 3.05. The van der Waals surface area contributed by atoms with Crippen LogP contribution in [0.4, 0.5) is 0 Å². The molecule has 0 radical (unpaired) electrons. The normalized spacial score (nSPS) is 21.7. The Morgan fingerprint density at radius 2 is 2.42 bits per heavy atom. The molecule has 2 N–H and O–H groups in total. The van der Waals surface area contributed by atoms with Crippen molar-refractivity contribution in [2.24, 2.45) is 5.73 Å². The van der Waals surface area contributed by atoms with E-state index in [9.17, 15) is 4.79 Å². The van der Waals surface area contributed by atoms with Crippen molar-refractivity contribution < 1.29 is 9.53 Å². The van der Waals surface area contributed by atoms with Crippen LogP contribution < -0.4 is 5.73 Å². The molecule has 0 saturated carbocycles. The maximum atomic E-state index is 9.97. The van der Waals surface area contributed by atoms with Gasteiger partial charge in [-0.3, -0.25) is 4.79 Å². The predicted molar refractivity (Wildman–Crippen MR) is 52.1 cm³/mol. The minimum atomic E-state index is -0.0498. The standard InChI is InChI=1S/C7H8BrNO2.ClH/c8-6-2-1-5(9)3-7(6)11-4-10;/h2-5H,1,9H2;1H. The summed E-state index contributed by atoms with van der Waals surface area (Å²) in [5.74, 6) is 0.499. The molecule has 1 atom stereocenters. The second-order valence-electron chi connectivity index (χ2n) is 2.20. The summed E-state index contributed by atoms with van der Waals surface area (Å²) < 4.78 is 5.43. The lowest BCUT2D eigenvalue weighted by molar-refractivity contribution is -0.124. The van der Waals surface area contributed by atoms with Crippen molar-refractivity contribution in [3.8, 4) is 0 Å². The van der Waals surface area contributed by atoms with Gasteiger partial charge in [0.2, 0.25) is 0 Å². The molecule has 0 bridgehead atoms. The van der Waals surface area contributed by atoms with Crippen LogP contribution in [0.5, 0.6) is 0 Å². The van der Waals surface area contributed by atoms with Gasteiger partial charge in [-0.05, 0) is 28.4 Å². The van der Waals surface area contributed by atoms with Gasteiger partial charge in [0.15, 0.2) is 0 Å². The van der Waals surface area contributed by atoms with Gasteiger partial charge in [-0.25, -0.2) is 0 Å². The van der Waals surface area contributed by atoms with Gasteiger partial charge in [-0.15, -0.1) is 12.4 Å². The summed E-state index contributed by atoms with van der Waals surface area (Å²) in [6.07, 6.45) is 4.36. The molecule has 0 aromatic rings. The fourth-order valence-electron chi connectivity index (χ4n) is 0.830. The van der Waals surface area contributed by atoms with Crippen molar-refractivity contribution in [2.75, 3.05) is 0 Å². The SMILES string of the molecule is Cl.NC1C=C(OC=O)C(Br)=CC1. The molecule has 1 aliphatic rings. The van der Waals surface area contributed by atoms with Crippen LogP contribution in [0.15, 0.2) is 22.4 Å². The largest absolute Gasteiger partial charge is 0.428 e. The monoisotopic (exact) mass is 253 g/mol. The van der Waals surface area contributed by atoms with Crippen molar-refractivity contribution in [1.29, 1.82) is 0 Å². The van der Waals surface area contributed by atoms with Crippen molar-refractivity contribution in [3.63, 3.8) is 0 Å². The van der Waals surface area contributed by atoms with E-state index in [1.165, 1.54) is 0 Å². The number of rotatable bonds is 2. The van der Waals surface area contributed by atoms with Crippen LogP contribution in [0.25, 0.3) is 0 Å². The first-order valence-electron chi connectivity index (χ1n) is 3.18. The molecule has 0 fully saturated rings. The molecule has 1 rings (SSSR count). The average Bonchev–Trinajstić information content (AvgIpc) is 1.98. The summed E-state index contributed by atoms with van der Waals surface area (Å²) in [7, 11) is 0. The molecule has 0 aromatic heterocycles. The molecular formula is C7H9BrClNO2. The Balaban J connectivity index is 0.00000121. The zero-order chi connectivity index (χ0) is 8.27. The van der Waals surface area contributed by atoms with Gasteiger partial charge in [0.1, 0.15) is 5.76 Å². The Hall–Kier alpha value is -0.320. The van der Waals surface area contributed by atoms with Crippen LogP contribution in [0, 0.1) is 0 Å². The van der Waals surface area contributed by atoms with Gasteiger partial charge in [0.25, 0.3) is 6.47 Å². The summed E-state index contributed by atoms with van der Waals surface area (Å²) >= 11 is 3.24. The molecule has 1 unspecified atom stereocenters. The van der Waals surface area contributed by atoms with E-state index in [1.807, 2.05) is 6.08 Å². The third kappa shape index (κ3) is 2.97. The molecule has 5 heteroatoms. The predicted octanol–water partition coefficient (Wildman–Crippen LogP) is 1.47. The highest BCUT2D eigenvalue weighted by atomic mass is 79.9. The summed E-state index contributed by atoms with van der Waals surface area (Å²) in [6, 6.07) is -0.0498. The lowest BCUT2D eigenvalue weighted by Gasteiger charge is -2.12. The maximum absolute atomic E-state index is 9.97. The van der Waals surface area contributed by atoms with Crippen LogP contribution >= 0.6 is 28.3 Å². The minimum Gasteiger partial charge on any atom is -0.428 e. The number of halogens is 2. The van der Waals surface area contributed by atoms with Gasteiger partial charge >= 0.3 is 0 Å². The molecule has 1 aliphatic carbocycles. The Labute approximate surface area is 85.2 Å². The van der Waals surface area contributed by atoms with Gasteiger partial charge < -0.3 is 10.5 Å². The lowest BCUT2D eigenvalue weighted by Crippen LogP contribution is -2.19. The highest BCUT2D eigenvalue weighted by Crippen LogP contribution is 2.23. The zero-order valence-electron chi connectivity index (χ0n) is 6.20. The Bertz CT molecular complexity index is 227. The Kier molecular flexibility index (Phi) is 5.20. The van der Waals surface area contributed by atoms with Crippen LogP contribution in [0.3, 0.4) is 0 Å². The van der Waals surface area contributed by atoms with E-state index in [1.54, 1.807) is 6.08 Å². The van der Waals surface area contributed by atoms with E-state index >= 15 is 0 Å². The third-order valence-corrected chi connectivity index (χ3v) is 2.06. The molecule has 3 nitrogen and oxygen atoms in total. The molecule has 0 aliphatic heterocycles. The Morgan fingerprint density at radius 1 is 1.75 bits per heavy atom. The first kappa shape index (κ1) is 11.7. The molecule has 12 heavy (non-hydrogen) atoms. The van der Waals surface area contributed by atoms with Crippen molar-refractivity contribution >= 4 is 34.8 Å². The van der Waals surface area contributed by atoms with E-state index < -0.39 is 0 Å². The fraction of sp³-hybridized carbons (Fsp3) is 0.286. The number of carbonyl (C=O) groups is 1. The summed E-state index contributed by atoms with van der Waals surface area (Å²) in [4.78, 5) is 9.97. The van der Waals surface area contributed by atoms with Crippen LogP contribution in [0.1, 0.15) is 6.42 Å². The first-order valence-corrected chi connectivity index (χ1v) is 3.97. The third-order valence-electron chi connectivity index (χ3n) is 1.35. The van der Waals surface area contributed by atoms with Crippen molar-refractivity contribution in [2.45, 2.75) is 12.5 Å². The number of hydrogen-bond donors (Lipinski definition) is 1. The van der Waals surface area contributed by atoms with Crippen molar-refractivity contribution in [3.05, 3.63) is 22.4 Å². The molecule has 0 heterocycles. The van der Waals surface area contributed by atoms with Crippen LogP contribution in [0.2, 0.25) is 0 Å². The van der Waals surface area contributed by atoms with E-state index in [-0.39, 0.29) is 18.4 Å². The van der Waals surface area contributed by atoms with Gasteiger partial charge in [0, 0.05) is 6.04 Å². The van der Waals surface area contributed by atoms with E-state index in [0.717, 1.165) is 10.9 Å². The molecule has 0 saturated heterocycles. The second kappa shape index (κ2) is 5.35. The molecule has 0 amide bonds.